The summed E-state index contributed by atoms with van der Waals surface area (Å²) >= 11 is 0. The van der Waals surface area contributed by atoms with E-state index >= 15 is 0 Å². The lowest BCUT2D eigenvalue weighted by Crippen LogP contribution is -2.19. The van der Waals surface area contributed by atoms with Crippen molar-refractivity contribution in [1.82, 2.24) is 0 Å². The van der Waals surface area contributed by atoms with Crippen molar-refractivity contribution in [2.24, 2.45) is 0 Å². The molecule has 0 N–H and O–H groups in total. The Morgan fingerprint density at radius 1 is 0.667 bits per heavy atom. The fourth-order valence-corrected chi connectivity index (χ4v) is 6.45. The summed E-state index contributed by atoms with van der Waals surface area (Å²) in [6, 6.07) is 22.4. The van der Waals surface area contributed by atoms with Gasteiger partial charge in [0, 0.05) is 0 Å². The zero-order valence-electron chi connectivity index (χ0n) is 10.7. The van der Waals surface area contributed by atoms with Gasteiger partial charge in [0.2, 0.25) is 0 Å². The maximum absolute atomic E-state index is 2.33. The van der Waals surface area contributed by atoms with Crippen LogP contribution in [0.1, 0.15) is 25.7 Å². The molecule has 1 heteroatoms. The first-order valence-corrected chi connectivity index (χ1v) is 8.50. The molecule has 0 atom stereocenters. The number of hydrogen-bond acceptors (Lipinski definition) is 0. The SMILES string of the molecule is c1ccc([PH+](c2ccccc2)C2CCCC2)cc1. The van der Waals surface area contributed by atoms with Crippen LogP contribution in [0.25, 0.3) is 0 Å². The molecule has 0 bridgehead atoms. The standard InChI is InChI=1S/C17H19P/c1-3-9-15(10-4-1)18(17-13-7-8-14-17)16-11-5-2-6-12-16/h1-6,9-12,17H,7-8,13-14H2/p+1. The molecule has 2 aromatic rings. The molecule has 3 rings (SSSR count). The van der Waals surface area contributed by atoms with Gasteiger partial charge in [-0.25, -0.2) is 0 Å². The summed E-state index contributed by atoms with van der Waals surface area (Å²) in [7, 11) is -0.577. The molecule has 0 radical (unpaired) electrons. The zero-order valence-corrected chi connectivity index (χ0v) is 11.7. The Hall–Kier alpha value is -1.13. The van der Waals surface area contributed by atoms with Crippen LogP contribution in [-0.4, -0.2) is 5.66 Å². The first-order chi connectivity index (χ1) is 8.95. The molecule has 0 nitrogen and oxygen atoms in total. The summed E-state index contributed by atoms with van der Waals surface area (Å²) in [5, 5.41) is 3.17. The molecule has 0 heterocycles. The molecular formula is C17H20P+. The highest BCUT2D eigenvalue weighted by Gasteiger charge is 2.34. The van der Waals surface area contributed by atoms with E-state index in [0.29, 0.717) is 0 Å². The van der Waals surface area contributed by atoms with Crippen molar-refractivity contribution in [3.63, 3.8) is 0 Å². The fourth-order valence-electron chi connectivity index (χ4n) is 3.09. The normalized spacial score (nSPS) is 16.3. The van der Waals surface area contributed by atoms with Crippen LogP contribution >= 0.6 is 7.92 Å². The molecule has 0 amide bonds. The number of benzene rings is 2. The van der Waals surface area contributed by atoms with E-state index in [4.69, 9.17) is 0 Å². The first kappa shape index (κ1) is 11.9. The van der Waals surface area contributed by atoms with E-state index in [1.165, 1.54) is 25.7 Å². The molecule has 0 unspecified atom stereocenters. The number of rotatable bonds is 3. The van der Waals surface area contributed by atoms with Crippen LogP contribution in [0.15, 0.2) is 60.7 Å². The van der Waals surface area contributed by atoms with Gasteiger partial charge >= 0.3 is 0 Å². The summed E-state index contributed by atoms with van der Waals surface area (Å²) < 4.78 is 0. The fraction of sp³-hybridized carbons (Fsp3) is 0.294. The highest BCUT2D eigenvalue weighted by molar-refractivity contribution is 7.73. The van der Waals surface area contributed by atoms with Crippen molar-refractivity contribution in [2.45, 2.75) is 31.3 Å². The first-order valence-electron chi connectivity index (χ1n) is 6.93. The Kier molecular flexibility index (Phi) is 3.76. The molecular weight excluding hydrogens is 235 g/mol. The molecule has 0 aliphatic heterocycles. The van der Waals surface area contributed by atoms with E-state index in [1.54, 1.807) is 10.6 Å². The Morgan fingerprint density at radius 3 is 1.56 bits per heavy atom. The molecule has 18 heavy (non-hydrogen) atoms. The molecule has 1 saturated carbocycles. The Balaban J connectivity index is 1.98. The summed E-state index contributed by atoms with van der Waals surface area (Å²) in [6.07, 6.45) is 5.72. The molecule has 92 valence electrons. The van der Waals surface area contributed by atoms with Gasteiger partial charge in [-0.3, -0.25) is 0 Å². The van der Waals surface area contributed by atoms with Crippen LogP contribution in [0.4, 0.5) is 0 Å². The van der Waals surface area contributed by atoms with E-state index in [0.717, 1.165) is 5.66 Å². The van der Waals surface area contributed by atoms with E-state index in [-0.39, 0.29) is 0 Å². The van der Waals surface area contributed by atoms with Crippen LogP contribution in [-0.2, 0) is 0 Å². The van der Waals surface area contributed by atoms with Crippen molar-refractivity contribution >= 4 is 18.5 Å². The van der Waals surface area contributed by atoms with Crippen molar-refractivity contribution in [2.75, 3.05) is 0 Å². The van der Waals surface area contributed by atoms with Gasteiger partial charge in [0.25, 0.3) is 0 Å². The summed E-state index contributed by atoms with van der Waals surface area (Å²) in [4.78, 5) is 0. The minimum Gasteiger partial charge on any atom is -0.0620 e. The van der Waals surface area contributed by atoms with E-state index < -0.39 is 7.92 Å². The molecule has 0 saturated heterocycles. The van der Waals surface area contributed by atoms with Crippen molar-refractivity contribution in [3.8, 4) is 0 Å². The lowest BCUT2D eigenvalue weighted by atomic mass is 10.3. The van der Waals surface area contributed by atoms with Gasteiger partial charge in [0.15, 0.2) is 0 Å². The van der Waals surface area contributed by atoms with E-state index in [1.807, 2.05) is 0 Å². The van der Waals surface area contributed by atoms with Crippen molar-refractivity contribution < 1.29 is 0 Å². The predicted molar refractivity (Wildman–Crippen MR) is 82.7 cm³/mol. The highest BCUT2D eigenvalue weighted by atomic mass is 31.1. The van der Waals surface area contributed by atoms with Crippen LogP contribution in [0.3, 0.4) is 0 Å². The van der Waals surface area contributed by atoms with Gasteiger partial charge in [0.1, 0.15) is 0 Å². The topological polar surface area (TPSA) is 0 Å². The highest BCUT2D eigenvalue weighted by Crippen LogP contribution is 2.46. The Bertz CT molecular complexity index is 432. The van der Waals surface area contributed by atoms with Crippen molar-refractivity contribution in [1.29, 1.82) is 0 Å². The minimum atomic E-state index is -0.577. The van der Waals surface area contributed by atoms with Gasteiger partial charge < -0.3 is 0 Å². The maximum atomic E-state index is 2.33. The smallest absolute Gasteiger partial charge is 0.0620 e. The van der Waals surface area contributed by atoms with Crippen LogP contribution < -0.4 is 10.6 Å². The monoisotopic (exact) mass is 255 g/mol. The minimum absolute atomic E-state index is 0.577. The van der Waals surface area contributed by atoms with Gasteiger partial charge in [-0.05, 0) is 49.9 Å². The largest absolute Gasteiger partial charge is 0.0969 e. The lowest BCUT2D eigenvalue weighted by molar-refractivity contribution is 0.886. The van der Waals surface area contributed by atoms with Crippen LogP contribution in [0, 0.1) is 0 Å². The van der Waals surface area contributed by atoms with Gasteiger partial charge in [0.05, 0.1) is 24.2 Å². The summed E-state index contributed by atoms with van der Waals surface area (Å²) in [5.41, 5.74) is 0.930. The van der Waals surface area contributed by atoms with Crippen LogP contribution in [0.5, 0.6) is 0 Å². The number of hydrogen-bond donors (Lipinski definition) is 0. The Labute approximate surface area is 111 Å². The molecule has 0 spiro atoms. The van der Waals surface area contributed by atoms with Gasteiger partial charge in [-0.2, -0.15) is 0 Å². The van der Waals surface area contributed by atoms with Crippen LogP contribution in [0.2, 0.25) is 0 Å². The third-order valence-corrected chi connectivity index (χ3v) is 7.24. The molecule has 0 aromatic heterocycles. The molecule has 1 fully saturated rings. The molecule has 1 aliphatic rings. The quantitative estimate of drug-likeness (QED) is 0.732. The lowest BCUT2D eigenvalue weighted by Gasteiger charge is -2.16. The summed E-state index contributed by atoms with van der Waals surface area (Å²) in [6.45, 7) is 0. The third kappa shape index (κ3) is 2.49. The van der Waals surface area contributed by atoms with E-state index in [2.05, 4.69) is 60.7 Å². The predicted octanol–water partition coefficient (Wildman–Crippen LogP) is 3.79. The average molecular weight is 255 g/mol. The Morgan fingerprint density at radius 2 is 1.11 bits per heavy atom. The average Bonchev–Trinajstić information content (AvgIpc) is 2.95. The van der Waals surface area contributed by atoms with E-state index in [9.17, 15) is 0 Å². The second-order valence-electron chi connectivity index (χ2n) is 5.13. The summed E-state index contributed by atoms with van der Waals surface area (Å²) in [5.74, 6) is 0. The van der Waals surface area contributed by atoms with Gasteiger partial charge in [-0.1, -0.05) is 36.4 Å². The zero-order chi connectivity index (χ0) is 12.2. The maximum Gasteiger partial charge on any atom is 0.0969 e. The second kappa shape index (κ2) is 5.67. The molecule has 1 aliphatic carbocycles. The molecule has 2 aromatic carbocycles. The van der Waals surface area contributed by atoms with Crippen molar-refractivity contribution in [3.05, 3.63) is 60.7 Å². The van der Waals surface area contributed by atoms with Gasteiger partial charge in [-0.15, -0.1) is 0 Å². The second-order valence-corrected chi connectivity index (χ2v) is 7.93. The third-order valence-electron chi connectivity index (χ3n) is 3.93.